The highest BCUT2D eigenvalue weighted by atomic mass is 16.3. The first-order valence-electron chi connectivity index (χ1n) is 8.79. The van der Waals surface area contributed by atoms with Crippen molar-refractivity contribution in [3.05, 3.63) is 53.9 Å². The Kier molecular flexibility index (Phi) is 4.30. The first-order chi connectivity index (χ1) is 12.6. The highest BCUT2D eigenvalue weighted by Crippen LogP contribution is 2.39. The normalized spacial score (nSPS) is 15.9. The third kappa shape index (κ3) is 3.25. The quantitative estimate of drug-likeness (QED) is 0.580. The highest BCUT2D eigenvalue weighted by molar-refractivity contribution is 5.90. The number of aromatic amines is 1. The first-order valence-corrected chi connectivity index (χ1v) is 8.79. The molecule has 7 heteroatoms. The number of carbonyl (C=O) groups is 1. The number of nitrogens with one attached hydrogen (secondary N) is 3. The van der Waals surface area contributed by atoms with E-state index >= 15 is 0 Å². The van der Waals surface area contributed by atoms with Gasteiger partial charge in [0.1, 0.15) is 5.82 Å². The number of urea groups is 1. The average molecular weight is 351 g/mol. The zero-order valence-corrected chi connectivity index (χ0v) is 14.3. The lowest BCUT2D eigenvalue weighted by Gasteiger charge is -2.25. The predicted octanol–water partition coefficient (Wildman–Crippen LogP) is 3.04. The molecule has 0 unspecified atom stereocenters. The minimum Gasteiger partial charge on any atom is -0.385 e. The van der Waals surface area contributed by atoms with E-state index < -0.39 is 5.60 Å². The molecule has 0 spiro atoms. The number of H-pyrrole nitrogens is 1. The molecule has 1 aromatic carbocycles. The molecule has 1 aliphatic rings. The van der Waals surface area contributed by atoms with Crippen LogP contribution in [-0.2, 0) is 12.1 Å². The van der Waals surface area contributed by atoms with Crippen molar-refractivity contribution in [2.24, 2.45) is 0 Å². The van der Waals surface area contributed by atoms with E-state index in [2.05, 4.69) is 25.8 Å². The highest BCUT2D eigenvalue weighted by Gasteiger charge is 2.34. The van der Waals surface area contributed by atoms with Crippen LogP contribution in [0.2, 0.25) is 0 Å². The van der Waals surface area contributed by atoms with Crippen molar-refractivity contribution in [3.63, 3.8) is 0 Å². The molecule has 4 N–H and O–H groups in total. The molecule has 1 saturated carbocycles. The van der Waals surface area contributed by atoms with Crippen molar-refractivity contribution in [1.29, 1.82) is 0 Å². The number of benzene rings is 1. The smallest absolute Gasteiger partial charge is 0.320 e. The summed E-state index contributed by atoms with van der Waals surface area (Å²) >= 11 is 0. The minimum atomic E-state index is -0.776. The van der Waals surface area contributed by atoms with Gasteiger partial charge in [-0.1, -0.05) is 37.1 Å². The number of hydrogen-bond acceptors (Lipinski definition) is 4. The molecule has 0 saturated heterocycles. The van der Waals surface area contributed by atoms with Crippen LogP contribution < -0.4 is 10.6 Å². The number of rotatable bonds is 4. The van der Waals surface area contributed by atoms with Gasteiger partial charge in [0.2, 0.25) is 0 Å². The van der Waals surface area contributed by atoms with Gasteiger partial charge in [-0.15, -0.1) is 0 Å². The van der Waals surface area contributed by atoms with Crippen LogP contribution in [0.15, 0.2) is 42.7 Å². The maximum atomic E-state index is 12.2. The van der Waals surface area contributed by atoms with Crippen LogP contribution in [0.5, 0.6) is 0 Å². The fourth-order valence-corrected chi connectivity index (χ4v) is 3.60. The number of carbonyl (C=O) groups excluding carboxylic acids is 1. The summed E-state index contributed by atoms with van der Waals surface area (Å²) in [6.45, 7) is 0.344. The largest absolute Gasteiger partial charge is 0.385 e. The molecule has 0 aliphatic heterocycles. The van der Waals surface area contributed by atoms with Gasteiger partial charge in [0.25, 0.3) is 0 Å². The molecule has 26 heavy (non-hydrogen) atoms. The van der Waals surface area contributed by atoms with Crippen molar-refractivity contribution in [3.8, 4) is 0 Å². The molecule has 4 rings (SSSR count). The average Bonchev–Trinajstić information content (AvgIpc) is 3.29. The Morgan fingerprint density at radius 1 is 1.23 bits per heavy atom. The number of amides is 2. The molecule has 2 heterocycles. The van der Waals surface area contributed by atoms with Gasteiger partial charge in [-0.25, -0.2) is 9.78 Å². The Hall–Kier alpha value is -2.93. The van der Waals surface area contributed by atoms with Crippen molar-refractivity contribution in [2.45, 2.75) is 37.8 Å². The molecule has 2 aromatic heterocycles. The zero-order valence-electron chi connectivity index (χ0n) is 14.3. The third-order valence-electron chi connectivity index (χ3n) is 4.95. The van der Waals surface area contributed by atoms with Gasteiger partial charge in [0.15, 0.2) is 0 Å². The van der Waals surface area contributed by atoms with Crippen molar-refractivity contribution >= 4 is 22.8 Å². The molecule has 7 nitrogen and oxygen atoms in total. The molecule has 134 valence electrons. The lowest BCUT2D eigenvalue weighted by molar-refractivity contribution is 0.0435. The number of pyridine rings is 1. The molecule has 0 atom stereocenters. The molecule has 1 aliphatic carbocycles. The van der Waals surface area contributed by atoms with Gasteiger partial charge in [0.05, 0.1) is 17.3 Å². The third-order valence-corrected chi connectivity index (χ3v) is 4.95. The van der Waals surface area contributed by atoms with Crippen LogP contribution in [0, 0.1) is 0 Å². The number of aliphatic hydroxyl groups is 1. The first kappa shape index (κ1) is 16.5. The second-order valence-electron chi connectivity index (χ2n) is 6.73. The summed E-state index contributed by atoms with van der Waals surface area (Å²) in [5, 5.41) is 24.1. The number of aromatic nitrogens is 3. The summed E-state index contributed by atoms with van der Waals surface area (Å²) in [5.41, 5.74) is 1.88. The van der Waals surface area contributed by atoms with Crippen LogP contribution in [0.25, 0.3) is 10.9 Å². The Morgan fingerprint density at radius 3 is 2.88 bits per heavy atom. The Balaban J connectivity index is 1.43. The van der Waals surface area contributed by atoms with Crippen LogP contribution in [0.4, 0.5) is 10.6 Å². The molecule has 1 fully saturated rings. The second-order valence-corrected chi connectivity index (χ2v) is 6.73. The van der Waals surface area contributed by atoms with E-state index in [1.165, 1.54) is 0 Å². The van der Waals surface area contributed by atoms with Crippen LogP contribution in [0.1, 0.15) is 36.8 Å². The van der Waals surface area contributed by atoms with Gasteiger partial charge in [0, 0.05) is 24.2 Å². The number of hydrogen-bond donors (Lipinski definition) is 4. The fourth-order valence-electron chi connectivity index (χ4n) is 3.60. The van der Waals surface area contributed by atoms with Crippen molar-refractivity contribution in [1.82, 2.24) is 20.5 Å². The Bertz CT molecular complexity index is 930. The van der Waals surface area contributed by atoms with Gasteiger partial charge in [-0.05, 0) is 24.0 Å². The van der Waals surface area contributed by atoms with Gasteiger partial charge in [-0.2, -0.15) is 5.10 Å². The molecule has 0 radical (unpaired) electrons. The van der Waals surface area contributed by atoms with Crippen LogP contribution in [-0.4, -0.2) is 26.3 Å². The lowest BCUT2D eigenvalue weighted by Crippen LogP contribution is -2.30. The summed E-state index contributed by atoms with van der Waals surface area (Å²) in [4.78, 5) is 16.4. The van der Waals surface area contributed by atoms with Gasteiger partial charge < -0.3 is 10.4 Å². The minimum absolute atomic E-state index is 0.343. The molecule has 3 aromatic rings. The monoisotopic (exact) mass is 351 g/mol. The van der Waals surface area contributed by atoms with Crippen LogP contribution in [0.3, 0.4) is 0 Å². The van der Waals surface area contributed by atoms with Crippen molar-refractivity contribution in [2.75, 3.05) is 5.32 Å². The Morgan fingerprint density at radius 2 is 2.04 bits per heavy atom. The summed E-state index contributed by atoms with van der Waals surface area (Å²) in [6.07, 6.45) is 6.92. The van der Waals surface area contributed by atoms with E-state index in [0.29, 0.717) is 12.4 Å². The van der Waals surface area contributed by atoms with E-state index in [1.54, 1.807) is 18.5 Å². The summed E-state index contributed by atoms with van der Waals surface area (Å²) in [6, 6.07) is 9.14. The van der Waals surface area contributed by atoms with E-state index in [9.17, 15) is 9.90 Å². The summed E-state index contributed by atoms with van der Waals surface area (Å²) in [5.74, 6) is 0.446. The van der Waals surface area contributed by atoms with E-state index in [0.717, 1.165) is 47.7 Å². The summed E-state index contributed by atoms with van der Waals surface area (Å²) < 4.78 is 0. The van der Waals surface area contributed by atoms with E-state index in [1.807, 2.05) is 24.3 Å². The van der Waals surface area contributed by atoms with E-state index in [4.69, 9.17) is 0 Å². The SMILES string of the molecule is O=C(NCc1ccccc1C1(O)CCCC1)Nc1cc2[nH]ncc2cn1. The standard InChI is InChI=1S/C19H21N5O2/c25-18(23-17-9-16-14(11-20-17)12-22-24-16)21-10-13-5-1-2-6-15(13)19(26)7-3-4-8-19/h1-2,5-6,9,11-12,26H,3-4,7-8,10H2,(H,22,24)(H2,20,21,23,25). The maximum Gasteiger partial charge on any atom is 0.320 e. The predicted molar refractivity (Wildman–Crippen MR) is 98.6 cm³/mol. The van der Waals surface area contributed by atoms with Crippen LogP contribution >= 0.6 is 0 Å². The summed E-state index contributed by atoms with van der Waals surface area (Å²) in [7, 11) is 0. The van der Waals surface area contributed by atoms with Gasteiger partial charge >= 0.3 is 6.03 Å². The topological polar surface area (TPSA) is 103 Å². The van der Waals surface area contributed by atoms with Gasteiger partial charge in [-0.3, -0.25) is 10.4 Å². The molecule has 0 bridgehead atoms. The van der Waals surface area contributed by atoms with E-state index in [-0.39, 0.29) is 6.03 Å². The Labute approximate surface area is 150 Å². The number of nitrogens with zero attached hydrogens (tertiary/aromatic N) is 2. The molecular formula is C19H21N5O2. The lowest BCUT2D eigenvalue weighted by atomic mass is 9.88. The number of anilines is 1. The second kappa shape index (κ2) is 6.76. The maximum absolute atomic E-state index is 12.2. The molecule has 2 amide bonds. The number of fused-ring (bicyclic) bond motifs is 1. The fraction of sp³-hybridized carbons (Fsp3) is 0.316. The van der Waals surface area contributed by atoms with Crippen molar-refractivity contribution < 1.29 is 9.90 Å². The molecular weight excluding hydrogens is 330 g/mol. The zero-order chi connectivity index (χ0) is 18.0.